The van der Waals surface area contributed by atoms with Crippen molar-refractivity contribution in [2.75, 3.05) is 0 Å². The Labute approximate surface area is 168 Å². The van der Waals surface area contributed by atoms with E-state index >= 15 is 0 Å². The van der Waals surface area contributed by atoms with Crippen LogP contribution in [0.5, 0.6) is 0 Å². The topological polar surface area (TPSA) is 122 Å². The third kappa shape index (κ3) is 3.50. The van der Waals surface area contributed by atoms with Gasteiger partial charge in [-0.2, -0.15) is 0 Å². The van der Waals surface area contributed by atoms with Crippen LogP contribution in [0.4, 0.5) is 10.1 Å². The minimum atomic E-state index is -0.888. The Bertz CT molecular complexity index is 1260. The summed E-state index contributed by atoms with van der Waals surface area (Å²) in [5, 5.41) is 19.0. The van der Waals surface area contributed by atoms with E-state index in [-0.39, 0.29) is 23.2 Å². The largest absolute Gasteiger partial charge is 0.449 e. The van der Waals surface area contributed by atoms with Crippen molar-refractivity contribution in [1.82, 2.24) is 10.2 Å². The first-order chi connectivity index (χ1) is 14.3. The number of halogens is 1. The Morgan fingerprint density at radius 2 is 1.90 bits per heavy atom. The molecule has 0 aliphatic rings. The fraction of sp³-hybridized carbons (Fsp3) is 0.150. The second-order valence-corrected chi connectivity index (χ2v) is 6.49. The van der Waals surface area contributed by atoms with Crippen molar-refractivity contribution in [3.8, 4) is 11.5 Å². The highest BCUT2D eigenvalue weighted by atomic mass is 19.1. The number of aryl methyl sites for hydroxylation is 1. The number of hydrogen-bond acceptors (Lipinski definition) is 8. The van der Waals surface area contributed by atoms with Crippen molar-refractivity contribution in [2.24, 2.45) is 0 Å². The van der Waals surface area contributed by atoms with Gasteiger partial charge >= 0.3 is 5.97 Å². The number of esters is 1. The summed E-state index contributed by atoms with van der Waals surface area (Å²) in [5.74, 6) is -1.08. The lowest BCUT2D eigenvalue weighted by Crippen LogP contribution is -2.09. The monoisotopic (exact) mass is 411 g/mol. The lowest BCUT2D eigenvalue weighted by Gasteiger charge is -2.08. The first-order valence-electron chi connectivity index (χ1n) is 8.81. The molecule has 0 bridgehead atoms. The van der Waals surface area contributed by atoms with Gasteiger partial charge in [-0.1, -0.05) is 0 Å². The second-order valence-electron chi connectivity index (χ2n) is 6.49. The molecule has 4 aromatic rings. The molecule has 2 aromatic carbocycles. The average Bonchev–Trinajstić information content (AvgIpc) is 3.34. The fourth-order valence-corrected chi connectivity index (χ4v) is 2.89. The van der Waals surface area contributed by atoms with E-state index < -0.39 is 22.8 Å². The zero-order valence-corrected chi connectivity index (χ0v) is 15.8. The van der Waals surface area contributed by atoms with Gasteiger partial charge in [0.05, 0.1) is 4.92 Å². The van der Waals surface area contributed by atoms with Crippen molar-refractivity contribution >= 4 is 22.6 Å². The van der Waals surface area contributed by atoms with Crippen LogP contribution in [0.3, 0.4) is 0 Å². The van der Waals surface area contributed by atoms with Gasteiger partial charge in [0.25, 0.3) is 11.6 Å². The number of carbonyl (C=O) groups excluding carboxylic acids is 1. The molecule has 0 saturated carbocycles. The third-order valence-electron chi connectivity index (χ3n) is 4.48. The molecule has 2 heterocycles. The van der Waals surface area contributed by atoms with Crippen LogP contribution in [0.25, 0.3) is 22.4 Å². The van der Waals surface area contributed by atoms with Gasteiger partial charge in [-0.05, 0) is 44.2 Å². The number of carbonyl (C=O) groups is 1. The number of nitro groups is 1. The van der Waals surface area contributed by atoms with E-state index in [1.54, 1.807) is 13.8 Å². The molecule has 0 amide bonds. The maximum atomic E-state index is 13.4. The van der Waals surface area contributed by atoms with Crippen molar-refractivity contribution in [3.05, 3.63) is 75.6 Å². The summed E-state index contributed by atoms with van der Waals surface area (Å²) in [6.07, 6.45) is -0.888. The van der Waals surface area contributed by atoms with Crippen molar-refractivity contribution in [3.63, 3.8) is 0 Å². The van der Waals surface area contributed by atoms with Gasteiger partial charge in [0.1, 0.15) is 11.4 Å². The molecule has 0 radical (unpaired) electrons. The molecule has 2 aromatic heterocycles. The molecular weight excluding hydrogens is 397 g/mol. The van der Waals surface area contributed by atoms with E-state index in [1.807, 2.05) is 0 Å². The van der Waals surface area contributed by atoms with Crippen LogP contribution in [-0.4, -0.2) is 21.1 Å². The molecule has 4 rings (SSSR count). The van der Waals surface area contributed by atoms with Crippen LogP contribution in [-0.2, 0) is 4.74 Å². The minimum absolute atomic E-state index is 0.0384. The van der Waals surface area contributed by atoms with E-state index in [4.69, 9.17) is 13.6 Å². The Kier molecular flexibility index (Phi) is 4.74. The fourth-order valence-electron chi connectivity index (χ4n) is 2.89. The van der Waals surface area contributed by atoms with Gasteiger partial charge in [0, 0.05) is 28.6 Å². The number of furan rings is 1. The van der Waals surface area contributed by atoms with E-state index in [0.29, 0.717) is 22.1 Å². The zero-order chi connectivity index (χ0) is 21.4. The minimum Gasteiger partial charge on any atom is -0.449 e. The molecule has 30 heavy (non-hydrogen) atoms. The molecule has 0 N–H and O–H groups in total. The molecule has 0 fully saturated rings. The molecule has 0 aliphatic heterocycles. The molecule has 10 heteroatoms. The van der Waals surface area contributed by atoms with E-state index in [0.717, 1.165) is 0 Å². The second kappa shape index (κ2) is 7.39. The molecular formula is C20H14FN3O6. The van der Waals surface area contributed by atoms with Gasteiger partial charge < -0.3 is 13.6 Å². The number of ether oxygens (including phenoxy) is 1. The number of non-ortho nitro benzene ring substituents is 1. The summed E-state index contributed by atoms with van der Waals surface area (Å²) in [5.41, 5.74) is 1.24. The van der Waals surface area contributed by atoms with Crippen LogP contribution in [0.15, 0.2) is 51.3 Å². The SMILES string of the molecule is Cc1c(C(=O)O[C@@H](C)c2nnc(-c3ccc([N+](=O)[O-])cc3)o2)oc2ccc(F)cc12. The molecule has 0 aliphatic carbocycles. The molecule has 0 spiro atoms. The van der Waals surface area contributed by atoms with Crippen LogP contribution in [0, 0.1) is 22.9 Å². The Hall–Kier alpha value is -4.08. The normalized spacial score (nSPS) is 12.1. The molecule has 0 unspecified atom stereocenters. The van der Waals surface area contributed by atoms with Crippen molar-refractivity contribution < 1.29 is 27.7 Å². The van der Waals surface area contributed by atoms with Crippen LogP contribution in [0.1, 0.15) is 35.0 Å². The van der Waals surface area contributed by atoms with Crippen LogP contribution in [0.2, 0.25) is 0 Å². The summed E-state index contributed by atoms with van der Waals surface area (Å²) >= 11 is 0. The third-order valence-corrected chi connectivity index (χ3v) is 4.48. The van der Waals surface area contributed by atoms with Crippen molar-refractivity contribution in [2.45, 2.75) is 20.0 Å². The summed E-state index contributed by atoms with van der Waals surface area (Å²) in [6.45, 7) is 3.18. The quantitative estimate of drug-likeness (QED) is 0.262. The van der Waals surface area contributed by atoms with Gasteiger partial charge in [0.2, 0.25) is 11.7 Å². The average molecular weight is 411 g/mol. The van der Waals surface area contributed by atoms with E-state index in [9.17, 15) is 19.3 Å². The van der Waals surface area contributed by atoms with E-state index in [2.05, 4.69) is 10.2 Å². The standard InChI is InChI=1S/C20H14FN3O6/c1-10-15-9-13(21)5-8-16(15)29-17(10)20(25)28-11(2)18-22-23-19(30-18)12-3-6-14(7-4-12)24(26)27/h3-9,11H,1-2H3/t11-/m0/s1. The van der Waals surface area contributed by atoms with Gasteiger partial charge in [0.15, 0.2) is 6.10 Å². The Balaban J connectivity index is 1.52. The molecule has 0 saturated heterocycles. The highest BCUT2D eigenvalue weighted by molar-refractivity contribution is 5.95. The summed E-state index contributed by atoms with van der Waals surface area (Å²) in [7, 11) is 0. The lowest BCUT2D eigenvalue weighted by molar-refractivity contribution is -0.384. The molecule has 1 atom stereocenters. The van der Waals surface area contributed by atoms with Crippen LogP contribution >= 0.6 is 0 Å². The van der Waals surface area contributed by atoms with Crippen molar-refractivity contribution in [1.29, 1.82) is 0 Å². The lowest BCUT2D eigenvalue weighted by atomic mass is 10.1. The number of aromatic nitrogens is 2. The maximum Gasteiger partial charge on any atom is 0.375 e. The van der Waals surface area contributed by atoms with Gasteiger partial charge in [-0.25, -0.2) is 9.18 Å². The maximum absolute atomic E-state index is 13.4. The number of nitrogens with zero attached hydrogens (tertiary/aromatic N) is 3. The highest BCUT2D eigenvalue weighted by Crippen LogP contribution is 2.29. The number of fused-ring (bicyclic) bond motifs is 1. The molecule has 9 nitrogen and oxygen atoms in total. The van der Waals surface area contributed by atoms with Crippen LogP contribution < -0.4 is 0 Å². The number of nitro benzene ring substituents is 1. The summed E-state index contributed by atoms with van der Waals surface area (Å²) in [4.78, 5) is 22.7. The Morgan fingerprint density at radius 1 is 1.17 bits per heavy atom. The zero-order valence-electron chi connectivity index (χ0n) is 15.8. The number of rotatable bonds is 5. The number of benzene rings is 2. The van der Waals surface area contributed by atoms with Gasteiger partial charge in [-0.15, -0.1) is 10.2 Å². The highest BCUT2D eigenvalue weighted by Gasteiger charge is 2.25. The predicted molar refractivity (Wildman–Crippen MR) is 101 cm³/mol. The van der Waals surface area contributed by atoms with Gasteiger partial charge in [-0.3, -0.25) is 10.1 Å². The summed E-state index contributed by atoms with van der Waals surface area (Å²) < 4.78 is 29.8. The first kappa shape index (κ1) is 19.2. The smallest absolute Gasteiger partial charge is 0.375 e. The molecule has 152 valence electrons. The summed E-state index contributed by atoms with van der Waals surface area (Å²) in [6, 6.07) is 9.54. The van der Waals surface area contributed by atoms with E-state index in [1.165, 1.54) is 42.5 Å². The Morgan fingerprint density at radius 3 is 2.60 bits per heavy atom. The number of hydrogen-bond donors (Lipinski definition) is 0. The predicted octanol–water partition coefficient (Wildman–Crippen LogP) is 4.76. The first-order valence-corrected chi connectivity index (χ1v) is 8.81.